The van der Waals surface area contributed by atoms with Gasteiger partial charge in [0.05, 0.1) is 24.4 Å². The van der Waals surface area contributed by atoms with Gasteiger partial charge in [0, 0.05) is 50.3 Å². The first-order chi connectivity index (χ1) is 64.2. The maximum atomic E-state index is 14.9. The van der Waals surface area contributed by atoms with Crippen LogP contribution in [0.4, 0.5) is 70.2 Å². The highest BCUT2D eigenvalue weighted by Gasteiger charge is 2.56. The minimum atomic E-state index is -1.75. The molecule has 34 atom stereocenters. The Kier molecular flexibility index (Phi) is 59.1. The highest BCUT2D eigenvalue weighted by Crippen LogP contribution is 2.56. The molecule has 12 nitrogen and oxygen atoms in total. The molecule has 15 saturated carbocycles. The molecule has 856 valence electrons. The van der Waals surface area contributed by atoms with E-state index in [4.69, 9.17) is 18.9 Å². The van der Waals surface area contributed by atoms with Crippen LogP contribution in [0.3, 0.4) is 0 Å². The van der Waals surface area contributed by atoms with Gasteiger partial charge in [0.15, 0.2) is 24.7 Å². The number of allylic oxidation sites excluding steroid dienone is 4. The van der Waals surface area contributed by atoms with E-state index in [9.17, 15) is 70.2 Å². The van der Waals surface area contributed by atoms with Gasteiger partial charge >= 0.3 is 0 Å². The van der Waals surface area contributed by atoms with Crippen LogP contribution in [-0.4, -0.2) is 195 Å². The molecule has 17 aliphatic carbocycles. The van der Waals surface area contributed by atoms with Crippen LogP contribution in [-0.2, 0) is 18.9 Å². The molecule has 0 radical (unpaired) electrons. The fourth-order valence-corrected chi connectivity index (χ4v) is 30.7. The zero-order chi connectivity index (χ0) is 96.5. The van der Waals surface area contributed by atoms with Crippen molar-refractivity contribution in [2.45, 2.75) is 500 Å². The standard InChI is InChI=1S/C20H32F4O.C20H32F4.C20H34F2O.C20H32F2O.C20H34F2.C14H22F2O.8H2O.7H2/c1-11-3-5-12(6-4-11)13-7-8-14(18(22)17(13)21)15-9-10-16(25-2)20(24)19(15)23;1-11-3-6-13(7-4-11)14-9-10-16(20(24)18(14)22)15-8-5-12(2)17(21)19(15)23;2*1-13-3-5-14(6-4-13)15-7-9-16(10-8-15)17-11-12-18(23-2)20(22)19(17)21;1-13-3-6-15(7-4-13)16-8-10-17(11-9-16)18-12-5-14(2)19(21)20(18)22;1-9-3-5-10(6-4-9)11-7-8-12(17-2)14(16)13(11)15;;;;;;;;;;;;;;;/h11-20H,3-10H2,1-2H3;11-20H,3-10H2,1-2H3;13-20H,3-12H2,1-2H3;9,13-15,17-20H,3-8,10-12H2,1-2H3;13-20H,3-12H2,1-2H3;5,9,11-14H,3-4,6-8H2,1-2H3;8*1H2;7*1H/t11?,12?,13?,14-,15?,16?,17?,18?,19?,20?;11?,12?,13?,14?,15?,16-,17?,18?,19?,20?;;;;;;;;;;;;;;;;;;;/m00.................../s1. The lowest BCUT2D eigenvalue weighted by Gasteiger charge is -2.45. The Morgan fingerprint density at radius 2 is 0.373 bits per heavy atom. The van der Waals surface area contributed by atoms with Gasteiger partial charge in [-0.2, -0.15) is 0 Å². The third kappa shape index (κ3) is 33.9. The molecule has 0 aromatic carbocycles. The summed E-state index contributed by atoms with van der Waals surface area (Å²) in [4.78, 5) is 0. The van der Waals surface area contributed by atoms with Gasteiger partial charge in [0.2, 0.25) is 0 Å². The molecule has 17 aliphatic rings. The van der Waals surface area contributed by atoms with E-state index in [1.54, 1.807) is 6.92 Å². The Hall–Kier alpha value is -2.12. The number of rotatable bonds is 15. The van der Waals surface area contributed by atoms with Gasteiger partial charge < -0.3 is 62.8 Å². The van der Waals surface area contributed by atoms with Crippen molar-refractivity contribution >= 4 is 0 Å². The molecule has 0 aromatic heterocycles. The predicted octanol–water partition coefficient (Wildman–Crippen LogP) is 28.5. The van der Waals surface area contributed by atoms with Crippen LogP contribution in [0.1, 0.15) is 386 Å². The normalized spacial score (nSPS) is 46.6. The zero-order valence-corrected chi connectivity index (χ0v) is 88.9. The van der Waals surface area contributed by atoms with Gasteiger partial charge in [0.25, 0.3) is 0 Å². The quantitative estimate of drug-likeness (QED) is 0.114. The van der Waals surface area contributed by atoms with Crippen LogP contribution in [0.25, 0.3) is 0 Å². The third-order valence-corrected chi connectivity index (χ3v) is 40.5. The van der Waals surface area contributed by atoms with E-state index in [-0.39, 0.29) is 113 Å². The summed E-state index contributed by atoms with van der Waals surface area (Å²) >= 11 is 0. The molecule has 32 unspecified atom stereocenters. The maximum absolute atomic E-state index is 14.9. The lowest BCUT2D eigenvalue weighted by molar-refractivity contribution is -0.0986. The van der Waals surface area contributed by atoms with Gasteiger partial charge in [-0.1, -0.05) is 143 Å². The summed E-state index contributed by atoms with van der Waals surface area (Å²) in [5.41, 5.74) is 2.34. The highest BCUT2D eigenvalue weighted by atomic mass is 19.2. The Balaban J connectivity index is -0.000000832. The van der Waals surface area contributed by atoms with Gasteiger partial charge in [-0.3, -0.25) is 0 Å². The smallest absolute Gasteiger partial charge is 0.158 e. The zero-order valence-electron chi connectivity index (χ0n) is 88.9. The van der Waals surface area contributed by atoms with Crippen molar-refractivity contribution in [3.63, 3.8) is 0 Å². The largest absolute Gasteiger partial charge is 0.412 e. The lowest BCUT2D eigenvalue weighted by atomic mass is 9.63. The van der Waals surface area contributed by atoms with Crippen LogP contribution >= 0.6 is 0 Å². The Labute approximate surface area is 856 Å². The summed E-state index contributed by atoms with van der Waals surface area (Å²) in [5.74, 6) is 7.38. The van der Waals surface area contributed by atoms with Crippen LogP contribution in [0.2, 0.25) is 0 Å². The lowest BCUT2D eigenvalue weighted by Crippen LogP contribution is -2.51. The van der Waals surface area contributed by atoms with Crippen molar-refractivity contribution in [3.8, 4) is 0 Å². The first-order valence-corrected chi connectivity index (χ1v) is 56.0. The highest BCUT2D eigenvalue weighted by molar-refractivity contribution is 5.17. The molecule has 16 N–H and O–H groups in total. The van der Waals surface area contributed by atoms with E-state index in [1.165, 1.54) is 143 Å². The molecule has 15 fully saturated rings. The van der Waals surface area contributed by atoms with Crippen LogP contribution in [0, 0.1) is 166 Å². The van der Waals surface area contributed by atoms with E-state index in [0.717, 1.165) is 200 Å². The number of alkyl halides is 16. The third-order valence-electron chi connectivity index (χ3n) is 40.5. The molecule has 142 heavy (non-hydrogen) atoms. The SMILES string of the molecule is CC1CCC(C2CCC(C3CCC(C)C(F)C3F)CC2)CC1.CC1CCC(C2CC[C@@H](C3CCC(C)C(F)C3F)C(F)C2F)CC1.COC1CCC(C2=CCC(C)CC2)C(F)C1F.COC1CCC(C2=CCC(C3CCC(C)CC3)CC2)C(F)C1F.COC1CCC(C2CCC(C3CCC(C)CC3)CC2)C(F)C1F.COC1CCC([C@@H]2CCC(C3CCC(C)CC3)C(F)C2F)C(F)C1F.O.O.O.O.O.O.O.O.[HH].[HH].[HH].[HH].[HH].[HH].[HH]. The summed E-state index contributed by atoms with van der Waals surface area (Å²) in [5, 5.41) is 0. The van der Waals surface area contributed by atoms with E-state index in [0.29, 0.717) is 100 Å². The minimum absolute atomic E-state index is 0. The number of hydrogen-bond donors (Lipinski definition) is 0. The maximum Gasteiger partial charge on any atom is 0.158 e. The molecule has 17 rings (SSSR count). The number of ether oxygens (including phenoxy) is 4. The number of hydrogen-bond acceptors (Lipinski definition) is 4. The molecule has 0 bridgehead atoms. The molecule has 0 heterocycles. The van der Waals surface area contributed by atoms with E-state index >= 15 is 0 Å². The minimum Gasteiger partial charge on any atom is -0.412 e. The Bertz CT molecular complexity index is 3420. The van der Waals surface area contributed by atoms with E-state index < -0.39 is 147 Å². The number of methoxy groups -OCH3 is 4. The second-order valence-electron chi connectivity index (χ2n) is 48.7. The van der Waals surface area contributed by atoms with Gasteiger partial charge in [-0.15, -0.1) is 0 Å². The van der Waals surface area contributed by atoms with Crippen molar-refractivity contribution in [3.05, 3.63) is 23.3 Å². The molecule has 0 amide bonds. The molecule has 0 saturated heterocycles. The van der Waals surface area contributed by atoms with Crippen molar-refractivity contribution in [1.29, 1.82) is 0 Å². The van der Waals surface area contributed by atoms with Crippen LogP contribution in [0.15, 0.2) is 23.3 Å². The summed E-state index contributed by atoms with van der Waals surface area (Å²) < 4.78 is 250. The predicted molar refractivity (Wildman–Crippen MR) is 555 cm³/mol. The molecular formula is C114H216F16O12. The van der Waals surface area contributed by atoms with E-state index in [2.05, 4.69) is 53.7 Å². The summed E-state index contributed by atoms with van der Waals surface area (Å²) in [6.07, 6.45) is 29.3. The average Bonchev–Trinajstić information content (AvgIpc) is 0.816. The van der Waals surface area contributed by atoms with Crippen LogP contribution < -0.4 is 0 Å². The van der Waals surface area contributed by atoms with Crippen molar-refractivity contribution in [2.24, 2.45) is 166 Å². The van der Waals surface area contributed by atoms with Crippen molar-refractivity contribution < 1.29 is 143 Å². The summed E-state index contributed by atoms with van der Waals surface area (Å²) in [6, 6.07) is 0. The van der Waals surface area contributed by atoms with Crippen LogP contribution in [0.5, 0.6) is 0 Å². The molecular weight excluding hydrogens is 1870 g/mol. The second kappa shape index (κ2) is 63.5. The summed E-state index contributed by atoms with van der Waals surface area (Å²) in [7, 11) is 5.82. The first kappa shape index (κ1) is 132. The Morgan fingerprint density at radius 3 is 0.662 bits per heavy atom. The summed E-state index contributed by atoms with van der Waals surface area (Å²) in [6.45, 7) is 17.3. The fraction of sp³-hybridized carbons (Fsp3) is 0.965. The first-order valence-electron chi connectivity index (χ1n) is 56.0. The molecule has 0 aromatic rings. The fourth-order valence-electron chi connectivity index (χ4n) is 30.7. The van der Waals surface area contributed by atoms with Gasteiger partial charge in [-0.05, 0) is 411 Å². The average molecular weight is 2080 g/mol. The Morgan fingerprint density at radius 1 is 0.176 bits per heavy atom. The monoisotopic (exact) mass is 2080 g/mol. The van der Waals surface area contributed by atoms with Crippen molar-refractivity contribution in [2.75, 3.05) is 28.4 Å². The van der Waals surface area contributed by atoms with Gasteiger partial charge in [-0.25, -0.2) is 70.2 Å². The molecule has 28 heteroatoms. The van der Waals surface area contributed by atoms with Crippen molar-refractivity contribution in [1.82, 2.24) is 0 Å². The molecule has 0 aliphatic heterocycles. The topological polar surface area (TPSA) is 289 Å². The van der Waals surface area contributed by atoms with Gasteiger partial charge in [0.1, 0.15) is 74.1 Å². The van der Waals surface area contributed by atoms with E-state index in [1.807, 2.05) is 6.92 Å². The molecule has 0 spiro atoms. The second-order valence-corrected chi connectivity index (χ2v) is 48.7. The number of halogens is 16.